The molecule has 1 aliphatic rings. The maximum absolute atomic E-state index is 12.9. The van der Waals surface area contributed by atoms with Gasteiger partial charge in [-0.25, -0.2) is 9.78 Å². The van der Waals surface area contributed by atoms with Crippen LogP contribution >= 0.6 is 0 Å². The number of alkyl halides is 3. The summed E-state index contributed by atoms with van der Waals surface area (Å²) in [5.74, 6) is -0.618. The van der Waals surface area contributed by atoms with Crippen LogP contribution in [-0.2, 0) is 10.9 Å². The number of amides is 1. The van der Waals surface area contributed by atoms with E-state index in [1.165, 1.54) is 24.1 Å². The second-order valence-corrected chi connectivity index (χ2v) is 5.31. The quantitative estimate of drug-likeness (QED) is 0.916. The Morgan fingerprint density at radius 2 is 2.22 bits per heavy atom. The molecule has 0 spiro atoms. The summed E-state index contributed by atoms with van der Waals surface area (Å²) >= 11 is 0. The highest BCUT2D eigenvalue weighted by atomic mass is 19.4. The van der Waals surface area contributed by atoms with Gasteiger partial charge in [-0.1, -0.05) is 0 Å². The molecule has 1 aromatic heterocycles. The molecule has 1 N–H and O–H groups in total. The highest BCUT2D eigenvalue weighted by Crippen LogP contribution is 2.34. The van der Waals surface area contributed by atoms with E-state index in [2.05, 4.69) is 4.98 Å². The van der Waals surface area contributed by atoms with Gasteiger partial charge < -0.3 is 19.5 Å². The highest BCUT2D eigenvalue weighted by Gasteiger charge is 2.37. The highest BCUT2D eigenvalue weighted by molar-refractivity contribution is 5.65. The largest absolute Gasteiger partial charge is 0.491 e. The van der Waals surface area contributed by atoms with Crippen molar-refractivity contribution in [2.45, 2.75) is 18.7 Å². The van der Waals surface area contributed by atoms with Crippen molar-refractivity contribution >= 4 is 6.09 Å². The molecule has 1 fully saturated rings. The van der Waals surface area contributed by atoms with E-state index in [4.69, 9.17) is 14.6 Å². The fourth-order valence-electron chi connectivity index (χ4n) is 2.53. The van der Waals surface area contributed by atoms with Gasteiger partial charge in [-0.2, -0.15) is 13.2 Å². The van der Waals surface area contributed by atoms with E-state index in [1.54, 1.807) is 0 Å². The van der Waals surface area contributed by atoms with Crippen molar-refractivity contribution < 1.29 is 32.5 Å². The number of likely N-dealkylation sites (tertiary alicyclic amines) is 1. The van der Waals surface area contributed by atoms with Gasteiger partial charge in [0.2, 0.25) is 0 Å². The molecule has 6 nitrogen and oxygen atoms in total. The maximum Gasteiger partial charge on any atom is 0.437 e. The molecule has 0 saturated carbocycles. The smallest absolute Gasteiger partial charge is 0.437 e. The minimum absolute atomic E-state index is 0.0432. The van der Waals surface area contributed by atoms with Crippen LogP contribution in [0.15, 0.2) is 18.3 Å². The first-order valence-corrected chi connectivity index (χ1v) is 6.97. The van der Waals surface area contributed by atoms with E-state index in [0.29, 0.717) is 6.42 Å². The lowest BCUT2D eigenvalue weighted by atomic mass is 9.97. The lowest BCUT2D eigenvalue weighted by molar-refractivity contribution is -0.142. The Bertz CT molecular complexity index is 553. The van der Waals surface area contributed by atoms with E-state index in [-0.39, 0.29) is 37.5 Å². The Morgan fingerprint density at radius 1 is 1.48 bits per heavy atom. The number of pyridine rings is 1. The Kier molecular flexibility index (Phi) is 5.30. The number of nitrogens with zero attached hydrogens (tertiary/aromatic N) is 2. The number of carboxylic acid groups (broad SMARTS) is 1. The molecule has 0 aromatic carbocycles. The molecule has 2 unspecified atom stereocenters. The number of ether oxygens (including phenoxy) is 2. The summed E-state index contributed by atoms with van der Waals surface area (Å²) in [6.45, 7) is 0.387. The van der Waals surface area contributed by atoms with E-state index in [1.807, 2.05) is 0 Å². The molecule has 0 aliphatic carbocycles. The molecule has 2 atom stereocenters. The standard InChI is InChI=1S/C14H17F3N2O4/c1-22-10-5-9(6-19(7-10)13(20)21)8-23-11-3-2-4-18-12(11)14(15,16)17/h2-4,9-10H,5-8H2,1H3,(H,20,21). The number of piperidine rings is 1. The number of aromatic nitrogens is 1. The summed E-state index contributed by atoms with van der Waals surface area (Å²) < 4.78 is 49.0. The number of halogens is 3. The first kappa shape index (κ1) is 17.3. The van der Waals surface area contributed by atoms with Crippen LogP contribution in [0.5, 0.6) is 5.75 Å². The molecule has 128 valence electrons. The van der Waals surface area contributed by atoms with Crippen LogP contribution in [0.2, 0.25) is 0 Å². The molecule has 0 bridgehead atoms. The van der Waals surface area contributed by atoms with Crippen LogP contribution in [0.1, 0.15) is 12.1 Å². The summed E-state index contributed by atoms with van der Waals surface area (Å²) in [4.78, 5) is 15.6. The van der Waals surface area contributed by atoms with Gasteiger partial charge in [-0.3, -0.25) is 0 Å². The fraction of sp³-hybridized carbons (Fsp3) is 0.571. The molecule has 23 heavy (non-hydrogen) atoms. The van der Waals surface area contributed by atoms with Crippen molar-refractivity contribution in [2.24, 2.45) is 5.92 Å². The average Bonchev–Trinajstić information content (AvgIpc) is 2.52. The monoisotopic (exact) mass is 334 g/mol. The van der Waals surface area contributed by atoms with Crippen LogP contribution in [-0.4, -0.2) is 54.0 Å². The van der Waals surface area contributed by atoms with Crippen molar-refractivity contribution in [1.82, 2.24) is 9.88 Å². The maximum atomic E-state index is 12.9. The second kappa shape index (κ2) is 7.03. The summed E-state index contributed by atoms with van der Waals surface area (Å²) in [7, 11) is 1.47. The van der Waals surface area contributed by atoms with Gasteiger partial charge in [0.25, 0.3) is 0 Å². The topological polar surface area (TPSA) is 71.9 Å². The van der Waals surface area contributed by atoms with E-state index in [9.17, 15) is 18.0 Å². The normalized spacial score (nSPS) is 22.0. The fourth-order valence-corrected chi connectivity index (χ4v) is 2.53. The van der Waals surface area contributed by atoms with Crippen molar-refractivity contribution in [1.29, 1.82) is 0 Å². The van der Waals surface area contributed by atoms with Crippen LogP contribution in [0.4, 0.5) is 18.0 Å². The predicted octanol–water partition coefficient (Wildman–Crippen LogP) is 2.49. The van der Waals surface area contributed by atoms with E-state index in [0.717, 1.165) is 6.20 Å². The number of carbonyl (C=O) groups is 1. The lowest BCUT2D eigenvalue weighted by Gasteiger charge is -2.35. The molecular weight excluding hydrogens is 317 g/mol. The van der Waals surface area contributed by atoms with Gasteiger partial charge in [0.1, 0.15) is 5.75 Å². The Balaban J connectivity index is 2.04. The van der Waals surface area contributed by atoms with Gasteiger partial charge >= 0.3 is 12.3 Å². The molecule has 1 saturated heterocycles. The van der Waals surface area contributed by atoms with Crippen LogP contribution < -0.4 is 4.74 Å². The van der Waals surface area contributed by atoms with Gasteiger partial charge in [0.15, 0.2) is 5.69 Å². The molecule has 2 rings (SSSR count). The number of rotatable bonds is 4. The van der Waals surface area contributed by atoms with Gasteiger partial charge in [0.05, 0.1) is 19.3 Å². The number of hydrogen-bond donors (Lipinski definition) is 1. The SMILES string of the molecule is COC1CC(COc2cccnc2C(F)(F)F)CN(C(=O)O)C1. The average molecular weight is 334 g/mol. The predicted molar refractivity (Wildman–Crippen MR) is 73.2 cm³/mol. The van der Waals surface area contributed by atoms with Crippen molar-refractivity contribution in [3.05, 3.63) is 24.0 Å². The zero-order valence-corrected chi connectivity index (χ0v) is 12.4. The first-order chi connectivity index (χ1) is 10.8. The Morgan fingerprint density at radius 3 is 2.83 bits per heavy atom. The van der Waals surface area contributed by atoms with Gasteiger partial charge in [-0.15, -0.1) is 0 Å². The molecular formula is C14H17F3N2O4. The van der Waals surface area contributed by atoms with Crippen LogP contribution in [0.25, 0.3) is 0 Å². The first-order valence-electron chi connectivity index (χ1n) is 6.97. The molecule has 2 heterocycles. The minimum atomic E-state index is -4.61. The third kappa shape index (κ3) is 4.47. The van der Waals surface area contributed by atoms with Crippen molar-refractivity contribution in [2.75, 3.05) is 26.8 Å². The van der Waals surface area contributed by atoms with Gasteiger partial charge in [-0.05, 0) is 18.6 Å². The number of hydrogen-bond acceptors (Lipinski definition) is 4. The second-order valence-electron chi connectivity index (χ2n) is 5.31. The van der Waals surface area contributed by atoms with Gasteiger partial charge in [0, 0.05) is 25.8 Å². The van der Waals surface area contributed by atoms with Crippen LogP contribution in [0.3, 0.4) is 0 Å². The summed E-state index contributed by atoms with van der Waals surface area (Å²) in [5.41, 5.74) is -1.09. The van der Waals surface area contributed by atoms with Crippen LogP contribution in [0, 0.1) is 5.92 Å². The van der Waals surface area contributed by atoms with E-state index < -0.39 is 18.0 Å². The summed E-state index contributed by atoms with van der Waals surface area (Å²) in [6, 6.07) is 2.55. The Labute approximate surface area is 130 Å². The molecule has 1 aliphatic heterocycles. The lowest BCUT2D eigenvalue weighted by Crippen LogP contribution is -2.47. The summed E-state index contributed by atoms with van der Waals surface area (Å²) in [6.07, 6.45) is -4.44. The van der Waals surface area contributed by atoms with E-state index >= 15 is 0 Å². The number of methoxy groups -OCH3 is 1. The summed E-state index contributed by atoms with van der Waals surface area (Å²) in [5, 5.41) is 9.08. The minimum Gasteiger partial charge on any atom is -0.491 e. The molecule has 9 heteroatoms. The third-order valence-corrected chi connectivity index (χ3v) is 3.62. The molecule has 0 radical (unpaired) electrons. The molecule has 1 amide bonds. The third-order valence-electron chi connectivity index (χ3n) is 3.62. The van der Waals surface area contributed by atoms with Crippen molar-refractivity contribution in [3.8, 4) is 5.75 Å². The zero-order valence-electron chi connectivity index (χ0n) is 12.4. The zero-order chi connectivity index (χ0) is 17.0. The Hall–Kier alpha value is -2.03. The molecule has 1 aromatic rings. The van der Waals surface area contributed by atoms with Crippen molar-refractivity contribution in [3.63, 3.8) is 0 Å².